The van der Waals surface area contributed by atoms with E-state index in [1.165, 1.54) is 0 Å². The molecule has 1 aliphatic carbocycles. The zero-order valence-corrected chi connectivity index (χ0v) is 11.3. The molecule has 1 saturated carbocycles. The monoisotopic (exact) mass is 226 g/mol. The molecule has 0 aromatic heterocycles. The third kappa shape index (κ3) is 1.92. The molecule has 0 aromatic carbocycles. The summed E-state index contributed by atoms with van der Waals surface area (Å²) in [6.45, 7) is 10.2. The second kappa shape index (κ2) is 4.48. The van der Waals surface area contributed by atoms with Gasteiger partial charge in [-0.15, -0.1) is 0 Å². The zero-order valence-electron chi connectivity index (χ0n) is 11.3. The minimum absolute atomic E-state index is 0.146. The Morgan fingerprint density at radius 2 is 1.88 bits per heavy atom. The lowest BCUT2D eigenvalue weighted by Crippen LogP contribution is -2.54. The second-order valence-corrected chi connectivity index (χ2v) is 6.06. The summed E-state index contributed by atoms with van der Waals surface area (Å²) >= 11 is 0. The minimum Gasteiger partial charge on any atom is -0.392 e. The second-order valence-electron chi connectivity index (χ2n) is 6.06. The third-order valence-electron chi connectivity index (χ3n) is 4.82. The number of rotatable bonds is 3. The van der Waals surface area contributed by atoms with E-state index in [2.05, 4.69) is 20.8 Å². The molecule has 0 spiro atoms. The van der Waals surface area contributed by atoms with Gasteiger partial charge in [-0.25, -0.2) is 0 Å². The van der Waals surface area contributed by atoms with Crippen molar-refractivity contribution in [3.05, 3.63) is 0 Å². The van der Waals surface area contributed by atoms with Gasteiger partial charge in [-0.3, -0.25) is 4.79 Å². The predicted molar refractivity (Wildman–Crippen MR) is 66.2 cm³/mol. The molecule has 0 bridgehead atoms. The Kier molecular flexibility index (Phi) is 3.83. The molecule has 3 atom stereocenters. The van der Waals surface area contributed by atoms with Crippen molar-refractivity contribution in [1.29, 1.82) is 0 Å². The number of carbonyl (C=O) groups is 1. The van der Waals surface area contributed by atoms with E-state index in [1.54, 1.807) is 0 Å². The van der Waals surface area contributed by atoms with Crippen LogP contribution in [0.3, 0.4) is 0 Å². The summed E-state index contributed by atoms with van der Waals surface area (Å²) in [7, 11) is 0. The van der Waals surface area contributed by atoms with Crippen molar-refractivity contribution in [3.63, 3.8) is 0 Å². The summed E-state index contributed by atoms with van der Waals surface area (Å²) in [4.78, 5) is 12.0. The highest BCUT2D eigenvalue weighted by Gasteiger charge is 2.52. The average Bonchev–Trinajstić information content (AvgIpc) is 2.25. The molecule has 1 aliphatic rings. The maximum atomic E-state index is 12.0. The van der Waals surface area contributed by atoms with E-state index in [0.717, 1.165) is 19.3 Å². The van der Waals surface area contributed by atoms with Gasteiger partial charge in [-0.1, -0.05) is 41.0 Å². The van der Waals surface area contributed by atoms with E-state index in [4.69, 9.17) is 0 Å². The molecular weight excluding hydrogens is 200 g/mol. The van der Waals surface area contributed by atoms with Crippen LogP contribution in [0.4, 0.5) is 0 Å². The van der Waals surface area contributed by atoms with Crippen molar-refractivity contribution in [1.82, 2.24) is 0 Å². The van der Waals surface area contributed by atoms with Gasteiger partial charge in [-0.05, 0) is 24.2 Å². The Morgan fingerprint density at radius 1 is 1.31 bits per heavy atom. The van der Waals surface area contributed by atoms with Crippen LogP contribution in [0.2, 0.25) is 0 Å². The Labute approximate surface area is 99.4 Å². The summed E-state index contributed by atoms with van der Waals surface area (Å²) in [6, 6.07) is 0. The van der Waals surface area contributed by atoms with Crippen LogP contribution in [0.15, 0.2) is 0 Å². The average molecular weight is 226 g/mol. The maximum absolute atomic E-state index is 12.0. The minimum atomic E-state index is -0.524. The number of aliphatic hydroxyl groups is 1. The topological polar surface area (TPSA) is 37.3 Å². The standard InChI is InChI=1S/C14H26O2/c1-6-10-8-9-14(5,11(15)7-2)12(16)13(10,3)4/h10,12,16H,6-9H2,1-5H3. The van der Waals surface area contributed by atoms with E-state index in [9.17, 15) is 9.90 Å². The van der Waals surface area contributed by atoms with Crippen LogP contribution in [0, 0.1) is 16.7 Å². The molecule has 0 aromatic rings. The number of aliphatic hydroxyl groups excluding tert-OH is 1. The molecular formula is C14H26O2. The van der Waals surface area contributed by atoms with Gasteiger partial charge in [-0.2, -0.15) is 0 Å². The highest BCUT2D eigenvalue weighted by Crippen LogP contribution is 2.51. The summed E-state index contributed by atoms with van der Waals surface area (Å²) in [5, 5.41) is 10.5. The first kappa shape index (κ1) is 13.7. The highest BCUT2D eigenvalue weighted by molar-refractivity contribution is 5.85. The molecule has 0 radical (unpaired) electrons. The van der Waals surface area contributed by atoms with Gasteiger partial charge in [0.1, 0.15) is 5.78 Å². The fourth-order valence-corrected chi connectivity index (χ4v) is 3.45. The first-order valence-corrected chi connectivity index (χ1v) is 6.52. The Bertz CT molecular complexity index is 270. The molecule has 94 valence electrons. The first-order chi connectivity index (χ1) is 7.30. The SMILES string of the molecule is CCC(=O)C1(C)CCC(CC)C(C)(C)C1O. The van der Waals surface area contributed by atoms with Crippen molar-refractivity contribution < 1.29 is 9.90 Å². The lowest BCUT2D eigenvalue weighted by molar-refractivity contribution is -0.155. The normalized spacial score (nSPS) is 38.4. The summed E-state index contributed by atoms with van der Waals surface area (Å²) in [5.41, 5.74) is -0.670. The Morgan fingerprint density at radius 3 is 2.31 bits per heavy atom. The number of hydrogen-bond acceptors (Lipinski definition) is 2. The van der Waals surface area contributed by atoms with Gasteiger partial charge in [0.25, 0.3) is 0 Å². The van der Waals surface area contributed by atoms with Crippen LogP contribution < -0.4 is 0 Å². The van der Waals surface area contributed by atoms with E-state index in [1.807, 2.05) is 13.8 Å². The van der Waals surface area contributed by atoms with Gasteiger partial charge in [0.05, 0.1) is 11.5 Å². The molecule has 3 unspecified atom stereocenters. The van der Waals surface area contributed by atoms with Crippen molar-refractivity contribution >= 4 is 5.78 Å². The lowest BCUT2D eigenvalue weighted by atomic mass is 9.55. The van der Waals surface area contributed by atoms with E-state index in [0.29, 0.717) is 12.3 Å². The number of carbonyl (C=O) groups excluding carboxylic acids is 1. The van der Waals surface area contributed by atoms with Gasteiger partial charge in [0, 0.05) is 6.42 Å². The van der Waals surface area contributed by atoms with Crippen LogP contribution >= 0.6 is 0 Å². The lowest BCUT2D eigenvalue weighted by Gasteiger charge is -2.51. The molecule has 16 heavy (non-hydrogen) atoms. The summed E-state index contributed by atoms with van der Waals surface area (Å²) in [5.74, 6) is 0.739. The molecule has 1 fully saturated rings. The maximum Gasteiger partial charge on any atom is 0.141 e. The van der Waals surface area contributed by atoms with Crippen LogP contribution in [-0.4, -0.2) is 17.0 Å². The summed E-state index contributed by atoms with van der Waals surface area (Å²) in [6.07, 6.45) is 3.00. The summed E-state index contributed by atoms with van der Waals surface area (Å²) < 4.78 is 0. The van der Waals surface area contributed by atoms with Crippen molar-refractivity contribution in [3.8, 4) is 0 Å². The fourth-order valence-electron chi connectivity index (χ4n) is 3.45. The van der Waals surface area contributed by atoms with E-state index >= 15 is 0 Å². The van der Waals surface area contributed by atoms with Crippen LogP contribution in [0.5, 0.6) is 0 Å². The van der Waals surface area contributed by atoms with Gasteiger partial charge in [0.2, 0.25) is 0 Å². The van der Waals surface area contributed by atoms with Crippen LogP contribution in [0.1, 0.15) is 60.3 Å². The van der Waals surface area contributed by atoms with Crippen LogP contribution in [0.25, 0.3) is 0 Å². The van der Waals surface area contributed by atoms with E-state index in [-0.39, 0.29) is 11.2 Å². The first-order valence-electron chi connectivity index (χ1n) is 6.52. The quantitative estimate of drug-likeness (QED) is 0.802. The fraction of sp³-hybridized carbons (Fsp3) is 0.929. The van der Waals surface area contributed by atoms with Crippen molar-refractivity contribution in [2.75, 3.05) is 0 Å². The highest BCUT2D eigenvalue weighted by atomic mass is 16.3. The third-order valence-corrected chi connectivity index (χ3v) is 4.82. The molecule has 0 amide bonds. The van der Waals surface area contributed by atoms with Gasteiger partial charge in [0.15, 0.2) is 0 Å². The van der Waals surface area contributed by atoms with E-state index < -0.39 is 11.5 Å². The predicted octanol–water partition coefficient (Wildman–Crippen LogP) is 3.18. The van der Waals surface area contributed by atoms with Crippen LogP contribution in [-0.2, 0) is 4.79 Å². The molecule has 1 N–H and O–H groups in total. The molecule has 0 aliphatic heterocycles. The number of Topliss-reactive ketones (excluding diaryl/α,β-unsaturated/α-hetero) is 1. The molecule has 0 saturated heterocycles. The van der Waals surface area contributed by atoms with Crippen molar-refractivity contribution in [2.24, 2.45) is 16.7 Å². The molecule has 0 heterocycles. The number of ketones is 1. The Hall–Kier alpha value is -0.370. The van der Waals surface area contributed by atoms with Crippen molar-refractivity contribution in [2.45, 2.75) is 66.4 Å². The molecule has 1 rings (SSSR count). The zero-order chi connectivity index (χ0) is 12.6. The largest absolute Gasteiger partial charge is 0.392 e. The number of hydrogen-bond donors (Lipinski definition) is 1. The Balaban J connectivity index is 3.00. The molecule has 2 heteroatoms. The van der Waals surface area contributed by atoms with Gasteiger partial charge >= 0.3 is 0 Å². The smallest absolute Gasteiger partial charge is 0.141 e. The van der Waals surface area contributed by atoms with Gasteiger partial charge < -0.3 is 5.11 Å². The molecule has 2 nitrogen and oxygen atoms in total.